The number of amides is 6. The first-order chi connectivity index (χ1) is 16.2. The van der Waals surface area contributed by atoms with E-state index in [1.807, 2.05) is 5.32 Å². The van der Waals surface area contributed by atoms with Crippen molar-refractivity contribution in [1.29, 1.82) is 0 Å². The van der Waals surface area contributed by atoms with Crippen LogP contribution in [0.2, 0.25) is 0 Å². The second-order valence-electron chi connectivity index (χ2n) is 8.53. The number of nitrogens with zero attached hydrogens (tertiary/aromatic N) is 1. The fraction of sp³-hybridized carbons (Fsp3) is 0.409. The summed E-state index contributed by atoms with van der Waals surface area (Å²) in [5, 5.41) is 6.54. The lowest BCUT2D eigenvalue weighted by atomic mass is 9.89. The lowest BCUT2D eigenvalue weighted by Gasteiger charge is -2.38. The van der Waals surface area contributed by atoms with Gasteiger partial charge in [0.15, 0.2) is 6.23 Å². The van der Waals surface area contributed by atoms with Gasteiger partial charge in [0.1, 0.15) is 5.54 Å². The molecule has 0 saturated carbocycles. The number of carbonyl (C=O) groups excluding carboxylic acids is 5. The molecule has 35 heavy (non-hydrogen) atoms. The van der Waals surface area contributed by atoms with Gasteiger partial charge in [-0.3, -0.25) is 34.1 Å². The molecular weight excluding hydrogens is 473 g/mol. The first kappa shape index (κ1) is 25.9. The molecule has 0 aromatic heterocycles. The fourth-order valence-electron chi connectivity index (χ4n) is 3.77. The molecule has 3 rings (SSSR count). The highest BCUT2D eigenvalue weighted by molar-refractivity contribution is 6.24. The molecular formula is C22H23F3N4O6. The number of halogens is 3. The Bertz CT molecular complexity index is 1130. The molecule has 1 unspecified atom stereocenters. The summed E-state index contributed by atoms with van der Waals surface area (Å²) < 4.78 is 41.5. The van der Waals surface area contributed by atoms with Crippen LogP contribution in [0.15, 0.2) is 29.8 Å². The lowest BCUT2D eigenvalue weighted by molar-refractivity contribution is -0.338. The monoisotopic (exact) mass is 496 g/mol. The first-order valence-electron chi connectivity index (χ1n) is 10.5. The second-order valence-corrected chi connectivity index (χ2v) is 8.53. The van der Waals surface area contributed by atoms with Gasteiger partial charge in [-0.05, 0) is 51.0 Å². The number of hydrogen-bond acceptors (Lipinski definition) is 6. The van der Waals surface area contributed by atoms with Crippen LogP contribution in [0.5, 0.6) is 0 Å². The summed E-state index contributed by atoms with van der Waals surface area (Å²) >= 11 is 0. The Hall–Kier alpha value is -3.74. The minimum Gasteiger partial charge on any atom is -0.334 e. The largest absolute Gasteiger partial charge is 0.524 e. The molecule has 2 heterocycles. The number of urea groups is 1. The van der Waals surface area contributed by atoms with Gasteiger partial charge in [0.25, 0.3) is 17.7 Å². The van der Waals surface area contributed by atoms with Crippen LogP contribution < -0.4 is 16.0 Å². The molecule has 0 radical (unpaired) electrons. The van der Waals surface area contributed by atoms with Gasteiger partial charge in [-0.1, -0.05) is 11.6 Å². The standard InChI is InChI=1S/C22H23F3N4O6/c1-11(2)8-16(35-22(23,24)25)28-20(34)26-10-12-4-5-13-14(9-12)18(32)29(17(13)31)21(3)7-6-15(30)27-19(21)33/h4-5,8-9,16H,6-7,10H2,1-3H3,(H2,26,28,34)(H,27,30,33)/t16?,21-/m0/s1. The molecule has 2 aliphatic rings. The van der Waals surface area contributed by atoms with Gasteiger partial charge < -0.3 is 10.6 Å². The van der Waals surface area contributed by atoms with Gasteiger partial charge in [-0.25, -0.2) is 4.79 Å². The van der Waals surface area contributed by atoms with E-state index in [1.165, 1.54) is 39.0 Å². The average Bonchev–Trinajstić information content (AvgIpc) is 2.98. The van der Waals surface area contributed by atoms with E-state index in [1.54, 1.807) is 0 Å². The number of piperidine rings is 1. The predicted octanol–water partition coefficient (Wildman–Crippen LogP) is 2.11. The van der Waals surface area contributed by atoms with E-state index in [2.05, 4.69) is 15.4 Å². The van der Waals surface area contributed by atoms with Crippen LogP contribution in [-0.4, -0.2) is 52.7 Å². The molecule has 0 aliphatic carbocycles. The van der Waals surface area contributed by atoms with Gasteiger partial charge in [0, 0.05) is 13.0 Å². The van der Waals surface area contributed by atoms with E-state index < -0.39 is 47.8 Å². The molecule has 1 aromatic rings. The van der Waals surface area contributed by atoms with Crippen molar-refractivity contribution >= 4 is 29.7 Å². The summed E-state index contributed by atoms with van der Waals surface area (Å²) in [5.41, 5.74) is -0.626. The molecule has 0 spiro atoms. The Morgan fingerprint density at radius 3 is 2.46 bits per heavy atom. The van der Waals surface area contributed by atoms with Gasteiger partial charge in [0.05, 0.1) is 11.1 Å². The van der Waals surface area contributed by atoms with Gasteiger partial charge >= 0.3 is 12.4 Å². The van der Waals surface area contributed by atoms with Crippen molar-refractivity contribution in [3.63, 3.8) is 0 Å². The SMILES string of the molecule is CC(C)=CC(NC(=O)NCc1ccc2c(c1)C(=O)N([C@@]1(C)CCC(=O)NC1=O)C2=O)OC(F)(F)F. The smallest absolute Gasteiger partial charge is 0.334 e. The van der Waals surface area contributed by atoms with Crippen LogP contribution in [0.4, 0.5) is 18.0 Å². The minimum absolute atomic E-state index is 0.00320. The van der Waals surface area contributed by atoms with E-state index in [0.717, 1.165) is 11.0 Å². The van der Waals surface area contributed by atoms with E-state index >= 15 is 0 Å². The quantitative estimate of drug-likeness (QED) is 0.314. The maximum atomic E-state index is 13.0. The van der Waals surface area contributed by atoms with E-state index in [-0.39, 0.29) is 30.5 Å². The van der Waals surface area contributed by atoms with Gasteiger partial charge in [-0.15, -0.1) is 13.2 Å². The van der Waals surface area contributed by atoms with Crippen LogP contribution in [0, 0.1) is 0 Å². The van der Waals surface area contributed by atoms with E-state index in [9.17, 15) is 37.1 Å². The van der Waals surface area contributed by atoms with Crippen LogP contribution in [0.3, 0.4) is 0 Å². The molecule has 3 N–H and O–H groups in total. The molecule has 10 nitrogen and oxygen atoms in total. The number of ether oxygens (including phenoxy) is 1. The highest BCUT2D eigenvalue weighted by Gasteiger charge is 2.52. The van der Waals surface area contributed by atoms with Crippen LogP contribution >= 0.6 is 0 Å². The molecule has 6 amide bonds. The minimum atomic E-state index is -4.97. The van der Waals surface area contributed by atoms with Crippen LogP contribution in [0.25, 0.3) is 0 Å². The number of allylic oxidation sites excluding steroid dienone is 1. The number of fused-ring (bicyclic) bond motifs is 1. The summed E-state index contributed by atoms with van der Waals surface area (Å²) in [7, 11) is 0. The third-order valence-corrected chi connectivity index (χ3v) is 5.50. The van der Waals surface area contributed by atoms with Crippen molar-refractivity contribution in [3.8, 4) is 0 Å². The number of hydrogen-bond donors (Lipinski definition) is 3. The van der Waals surface area contributed by atoms with Crippen LogP contribution in [0.1, 0.15) is 59.9 Å². The van der Waals surface area contributed by atoms with Crippen molar-refractivity contribution in [2.75, 3.05) is 0 Å². The number of imide groups is 2. The van der Waals surface area contributed by atoms with Crippen molar-refractivity contribution in [2.45, 2.75) is 58.3 Å². The van der Waals surface area contributed by atoms with Gasteiger partial charge in [0.2, 0.25) is 5.91 Å². The van der Waals surface area contributed by atoms with Gasteiger partial charge in [-0.2, -0.15) is 0 Å². The average molecular weight is 496 g/mol. The fourth-order valence-corrected chi connectivity index (χ4v) is 3.77. The number of benzene rings is 1. The highest BCUT2D eigenvalue weighted by Crippen LogP contribution is 2.34. The Kier molecular flexibility index (Phi) is 7.01. The molecule has 1 saturated heterocycles. The Morgan fingerprint density at radius 1 is 1.20 bits per heavy atom. The Balaban J connectivity index is 1.70. The lowest BCUT2D eigenvalue weighted by Crippen LogP contribution is -2.62. The maximum absolute atomic E-state index is 13.0. The third-order valence-electron chi connectivity index (χ3n) is 5.50. The molecule has 2 aliphatic heterocycles. The highest BCUT2D eigenvalue weighted by atomic mass is 19.4. The second kappa shape index (κ2) is 9.49. The molecule has 188 valence electrons. The molecule has 1 aromatic carbocycles. The zero-order valence-electron chi connectivity index (χ0n) is 19.0. The third kappa shape index (κ3) is 5.67. The normalized spacial score (nSPS) is 20.8. The molecule has 0 bridgehead atoms. The number of alkyl halides is 3. The Morgan fingerprint density at radius 2 is 1.86 bits per heavy atom. The van der Waals surface area contributed by atoms with Crippen LogP contribution in [-0.2, 0) is 20.9 Å². The number of nitrogens with one attached hydrogen (secondary N) is 3. The van der Waals surface area contributed by atoms with Crippen molar-refractivity contribution in [1.82, 2.24) is 20.9 Å². The number of rotatable bonds is 6. The zero-order chi connectivity index (χ0) is 26.1. The molecule has 13 heteroatoms. The molecule has 1 fully saturated rings. The Labute approximate surface area is 197 Å². The van der Waals surface area contributed by atoms with Crippen molar-refractivity contribution in [3.05, 3.63) is 46.5 Å². The summed E-state index contributed by atoms with van der Waals surface area (Å²) in [6.07, 6.45) is -5.70. The zero-order valence-corrected chi connectivity index (χ0v) is 19.0. The predicted molar refractivity (Wildman–Crippen MR) is 113 cm³/mol. The summed E-state index contributed by atoms with van der Waals surface area (Å²) in [6, 6.07) is 3.21. The summed E-state index contributed by atoms with van der Waals surface area (Å²) in [6.45, 7) is 4.29. The first-order valence-corrected chi connectivity index (χ1v) is 10.5. The number of carbonyl (C=O) groups is 5. The maximum Gasteiger partial charge on any atom is 0.524 e. The van der Waals surface area contributed by atoms with E-state index in [4.69, 9.17) is 0 Å². The van der Waals surface area contributed by atoms with Crippen molar-refractivity contribution in [2.24, 2.45) is 0 Å². The van der Waals surface area contributed by atoms with E-state index in [0.29, 0.717) is 11.1 Å². The summed E-state index contributed by atoms with van der Waals surface area (Å²) in [5.74, 6) is -2.68. The van der Waals surface area contributed by atoms with Crippen molar-refractivity contribution < 1.29 is 41.9 Å². The molecule has 2 atom stereocenters. The topological polar surface area (TPSA) is 134 Å². The summed E-state index contributed by atoms with van der Waals surface area (Å²) in [4.78, 5) is 62.8.